The molecule has 0 aliphatic heterocycles. The predicted molar refractivity (Wildman–Crippen MR) is 66.5 cm³/mol. The Morgan fingerprint density at radius 1 is 1.47 bits per heavy atom. The highest BCUT2D eigenvalue weighted by Crippen LogP contribution is 2.18. The van der Waals surface area contributed by atoms with E-state index in [-0.39, 0.29) is 11.5 Å². The second kappa shape index (κ2) is 7.07. The summed E-state index contributed by atoms with van der Waals surface area (Å²) in [4.78, 5) is 0.864. The Labute approximate surface area is 105 Å². The largest absolute Gasteiger partial charge is 0.391 e. The standard InChI is InChI=1S/C10H17NO4S2/c1-15-5-3-2-4-11-17(13,14)10-6-9(7-12)16-8-10/h6,8,11-12H,2-5,7H2,1H3. The molecular weight excluding hydrogens is 262 g/mol. The van der Waals surface area contributed by atoms with Crippen molar-refractivity contribution in [3.05, 3.63) is 16.3 Å². The van der Waals surface area contributed by atoms with Crippen LogP contribution in [0.25, 0.3) is 0 Å². The van der Waals surface area contributed by atoms with Gasteiger partial charge in [0.2, 0.25) is 10.0 Å². The number of nitrogens with one attached hydrogen (secondary N) is 1. The number of hydrogen-bond donors (Lipinski definition) is 2. The lowest BCUT2D eigenvalue weighted by molar-refractivity contribution is 0.193. The number of rotatable bonds is 8. The zero-order valence-corrected chi connectivity index (χ0v) is 11.3. The van der Waals surface area contributed by atoms with Gasteiger partial charge in [0.1, 0.15) is 0 Å². The van der Waals surface area contributed by atoms with Crippen LogP contribution in [-0.4, -0.2) is 33.8 Å². The number of unbranched alkanes of at least 4 members (excludes halogenated alkanes) is 1. The summed E-state index contributed by atoms with van der Waals surface area (Å²) in [6.45, 7) is 0.902. The van der Waals surface area contributed by atoms with Gasteiger partial charge in [0.25, 0.3) is 0 Å². The molecule has 0 amide bonds. The lowest BCUT2D eigenvalue weighted by Crippen LogP contribution is -2.24. The molecular formula is C10H17NO4S2. The van der Waals surface area contributed by atoms with E-state index >= 15 is 0 Å². The second-order valence-corrected chi connectivity index (χ2v) is 6.27. The van der Waals surface area contributed by atoms with Crippen LogP contribution in [0.5, 0.6) is 0 Å². The van der Waals surface area contributed by atoms with Crippen LogP contribution in [-0.2, 0) is 21.4 Å². The summed E-state index contributed by atoms with van der Waals surface area (Å²) < 4.78 is 30.9. The molecule has 2 N–H and O–H groups in total. The van der Waals surface area contributed by atoms with Crippen LogP contribution in [0.15, 0.2) is 16.3 Å². The molecule has 0 radical (unpaired) electrons. The highest BCUT2D eigenvalue weighted by molar-refractivity contribution is 7.89. The molecule has 98 valence electrons. The van der Waals surface area contributed by atoms with Gasteiger partial charge in [-0.25, -0.2) is 13.1 Å². The van der Waals surface area contributed by atoms with Crippen LogP contribution < -0.4 is 4.72 Å². The lowest BCUT2D eigenvalue weighted by Gasteiger charge is -2.04. The van der Waals surface area contributed by atoms with Gasteiger partial charge in [-0.2, -0.15) is 0 Å². The minimum Gasteiger partial charge on any atom is -0.391 e. The van der Waals surface area contributed by atoms with E-state index < -0.39 is 10.0 Å². The van der Waals surface area contributed by atoms with Gasteiger partial charge in [-0.3, -0.25) is 0 Å². The first kappa shape index (κ1) is 14.6. The summed E-state index contributed by atoms with van der Waals surface area (Å²) in [7, 11) is -1.81. The van der Waals surface area contributed by atoms with E-state index in [1.54, 1.807) is 7.11 Å². The van der Waals surface area contributed by atoms with E-state index in [4.69, 9.17) is 9.84 Å². The first-order chi connectivity index (χ1) is 8.10. The smallest absolute Gasteiger partial charge is 0.241 e. The van der Waals surface area contributed by atoms with Gasteiger partial charge in [-0.05, 0) is 18.9 Å². The molecule has 0 aliphatic rings. The molecule has 0 unspecified atom stereocenters. The summed E-state index contributed by atoms with van der Waals surface area (Å²) in [6.07, 6.45) is 1.56. The molecule has 0 spiro atoms. The maximum Gasteiger partial charge on any atom is 0.241 e. The van der Waals surface area contributed by atoms with Crippen molar-refractivity contribution in [2.45, 2.75) is 24.3 Å². The Bertz CT molecular complexity index is 427. The summed E-state index contributed by atoms with van der Waals surface area (Å²) in [5, 5.41) is 10.4. The van der Waals surface area contributed by atoms with E-state index in [2.05, 4.69) is 4.72 Å². The fraction of sp³-hybridized carbons (Fsp3) is 0.600. The monoisotopic (exact) mass is 279 g/mol. The van der Waals surface area contributed by atoms with Crippen molar-refractivity contribution in [2.75, 3.05) is 20.3 Å². The summed E-state index contributed by atoms with van der Waals surface area (Å²) >= 11 is 1.23. The Morgan fingerprint density at radius 3 is 2.82 bits per heavy atom. The molecule has 1 aromatic rings. The summed E-state index contributed by atoms with van der Waals surface area (Å²) in [5.74, 6) is 0. The molecule has 0 aliphatic carbocycles. The van der Waals surface area contributed by atoms with Crippen LogP contribution >= 0.6 is 11.3 Å². The Kier molecular flexibility index (Phi) is 6.07. The van der Waals surface area contributed by atoms with Crippen molar-refractivity contribution in [3.63, 3.8) is 0 Å². The minimum atomic E-state index is -3.43. The van der Waals surface area contributed by atoms with Gasteiger partial charge in [0, 0.05) is 30.5 Å². The van der Waals surface area contributed by atoms with Gasteiger partial charge >= 0.3 is 0 Å². The third kappa shape index (κ3) is 4.72. The van der Waals surface area contributed by atoms with Gasteiger partial charge in [0.05, 0.1) is 11.5 Å². The van der Waals surface area contributed by atoms with Crippen LogP contribution in [0, 0.1) is 0 Å². The molecule has 1 rings (SSSR count). The number of aliphatic hydroxyl groups excluding tert-OH is 1. The summed E-state index contributed by atoms with van der Waals surface area (Å²) in [5.41, 5.74) is 0. The van der Waals surface area contributed by atoms with Gasteiger partial charge in [0.15, 0.2) is 0 Å². The van der Waals surface area contributed by atoms with E-state index in [0.717, 1.165) is 12.8 Å². The third-order valence-corrected chi connectivity index (χ3v) is 4.67. The Balaban J connectivity index is 2.45. The quantitative estimate of drug-likeness (QED) is 0.695. The highest BCUT2D eigenvalue weighted by atomic mass is 32.2. The van der Waals surface area contributed by atoms with Crippen molar-refractivity contribution in [1.82, 2.24) is 4.72 Å². The lowest BCUT2D eigenvalue weighted by atomic mass is 10.3. The maximum atomic E-state index is 11.8. The van der Waals surface area contributed by atoms with E-state index in [9.17, 15) is 8.42 Å². The van der Waals surface area contributed by atoms with Crippen molar-refractivity contribution >= 4 is 21.4 Å². The van der Waals surface area contributed by atoms with Crippen molar-refractivity contribution < 1.29 is 18.3 Å². The molecule has 0 atom stereocenters. The van der Waals surface area contributed by atoms with Crippen LogP contribution in [0.1, 0.15) is 17.7 Å². The number of thiophene rings is 1. The molecule has 0 saturated heterocycles. The van der Waals surface area contributed by atoms with Gasteiger partial charge < -0.3 is 9.84 Å². The molecule has 0 fully saturated rings. The SMILES string of the molecule is COCCCCNS(=O)(=O)c1csc(CO)c1. The predicted octanol–water partition coefficient (Wildman–Crippen LogP) is 0.945. The molecule has 17 heavy (non-hydrogen) atoms. The zero-order valence-electron chi connectivity index (χ0n) is 9.68. The average molecular weight is 279 g/mol. The van der Waals surface area contributed by atoms with Crippen molar-refractivity contribution in [2.24, 2.45) is 0 Å². The molecule has 0 saturated carbocycles. The number of aliphatic hydroxyl groups is 1. The highest BCUT2D eigenvalue weighted by Gasteiger charge is 2.15. The number of sulfonamides is 1. The fourth-order valence-electron chi connectivity index (χ4n) is 1.25. The fourth-order valence-corrected chi connectivity index (χ4v) is 3.45. The zero-order chi connectivity index (χ0) is 12.7. The molecule has 0 bridgehead atoms. The topological polar surface area (TPSA) is 75.6 Å². The minimum absolute atomic E-state index is 0.131. The first-order valence-corrected chi connectivity index (χ1v) is 7.63. The molecule has 0 aromatic carbocycles. The van der Waals surface area contributed by atoms with Crippen molar-refractivity contribution in [3.8, 4) is 0 Å². The van der Waals surface area contributed by atoms with E-state index in [1.807, 2.05) is 0 Å². The van der Waals surface area contributed by atoms with Crippen LogP contribution in [0.3, 0.4) is 0 Å². The van der Waals surface area contributed by atoms with Gasteiger partial charge in [-0.1, -0.05) is 0 Å². The normalized spacial score (nSPS) is 11.9. The van der Waals surface area contributed by atoms with Crippen molar-refractivity contribution in [1.29, 1.82) is 0 Å². The molecule has 1 aromatic heterocycles. The third-order valence-electron chi connectivity index (χ3n) is 2.16. The van der Waals surface area contributed by atoms with Gasteiger partial charge in [-0.15, -0.1) is 11.3 Å². The number of hydrogen-bond acceptors (Lipinski definition) is 5. The van der Waals surface area contributed by atoms with Crippen LogP contribution in [0.2, 0.25) is 0 Å². The number of methoxy groups -OCH3 is 1. The second-order valence-electron chi connectivity index (χ2n) is 3.50. The van der Waals surface area contributed by atoms with E-state index in [1.165, 1.54) is 22.8 Å². The first-order valence-electron chi connectivity index (χ1n) is 5.27. The average Bonchev–Trinajstić information content (AvgIpc) is 2.78. The van der Waals surface area contributed by atoms with E-state index in [0.29, 0.717) is 18.0 Å². The molecule has 1 heterocycles. The Morgan fingerprint density at radius 2 is 2.24 bits per heavy atom. The maximum absolute atomic E-state index is 11.8. The number of ether oxygens (including phenoxy) is 1. The van der Waals surface area contributed by atoms with Crippen LogP contribution in [0.4, 0.5) is 0 Å². The Hall–Kier alpha value is -0.470. The summed E-state index contributed by atoms with van der Waals surface area (Å²) in [6, 6.07) is 1.49. The molecule has 5 nitrogen and oxygen atoms in total. The molecule has 7 heteroatoms.